The van der Waals surface area contributed by atoms with Crippen molar-refractivity contribution in [3.05, 3.63) is 112 Å². The molecule has 0 saturated heterocycles. The van der Waals surface area contributed by atoms with Crippen LogP contribution >= 0.6 is 0 Å². The molecule has 1 aliphatic heterocycles. The Morgan fingerprint density at radius 1 is 1.06 bits per heavy atom. The van der Waals surface area contributed by atoms with E-state index < -0.39 is 4.92 Å². The number of carbonyl (C=O) groups is 1. The van der Waals surface area contributed by atoms with Crippen LogP contribution < -0.4 is 0 Å². The highest BCUT2D eigenvalue weighted by Crippen LogP contribution is 2.31. The minimum Gasteiger partial charge on any atom is -0.329 e. The van der Waals surface area contributed by atoms with Crippen LogP contribution in [0.25, 0.3) is 17.6 Å². The quantitative estimate of drug-likeness (QED) is 0.261. The van der Waals surface area contributed by atoms with Gasteiger partial charge in [-0.3, -0.25) is 14.9 Å². The first kappa shape index (κ1) is 20.4. The zero-order chi connectivity index (χ0) is 22.9. The second kappa shape index (κ2) is 8.23. The molecule has 8 heteroatoms. The fourth-order valence-corrected chi connectivity index (χ4v) is 4.02. The van der Waals surface area contributed by atoms with Gasteiger partial charge in [-0.1, -0.05) is 12.1 Å². The Kier molecular flexibility index (Phi) is 5.10. The molecular weight excluding hydrogens is 418 g/mol. The number of amides is 1. The Morgan fingerprint density at radius 2 is 1.82 bits per heavy atom. The number of rotatable bonds is 5. The van der Waals surface area contributed by atoms with Gasteiger partial charge in [-0.25, -0.2) is 4.68 Å². The first-order valence-corrected chi connectivity index (χ1v) is 10.5. The van der Waals surface area contributed by atoms with Crippen molar-refractivity contribution in [1.29, 1.82) is 0 Å². The summed E-state index contributed by atoms with van der Waals surface area (Å²) in [6.45, 7) is 2.93. The van der Waals surface area contributed by atoms with E-state index in [1.165, 1.54) is 18.2 Å². The summed E-state index contributed by atoms with van der Waals surface area (Å²) in [6, 6.07) is 18.2. The molecule has 0 radical (unpaired) electrons. The molecule has 0 aliphatic carbocycles. The lowest BCUT2D eigenvalue weighted by atomic mass is 10.2. The van der Waals surface area contributed by atoms with Gasteiger partial charge in [0, 0.05) is 36.2 Å². The Labute approximate surface area is 190 Å². The van der Waals surface area contributed by atoms with Gasteiger partial charge in [0.1, 0.15) is 5.82 Å². The summed E-state index contributed by atoms with van der Waals surface area (Å²) >= 11 is 0. The molecule has 2 aromatic carbocycles. The second-order valence-corrected chi connectivity index (χ2v) is 7.97. The van der Waals surface area contributed by atoms with Crippen molar-refractivity contribution in [2.75, 3.05) is 0 Å². The molecule has 3 heterocycles. The van der Waals surface area contributed by atoms with Gasteiger partial charge in [0.15, 0.2) is 0 Å². The smallest absolute Gasteiger partial charge is 0.269 e. The molecule has 0 fully saturated rings. The second-order valence-electron chi connectivity index (χ2n) is 7.97. The maximum absolute atomic E-state index is 12.8. The van der Waals surface area contributed by atoms with Crippen molar-refractivity contribution in [1.82, 2.24) is 19.2 Å². The van der Waals surface area contributed by atoms with E-state index in [4.69, 9.17) is 5.10 Å². The molecule has 0 unspecified atom stereocenters. The molecule has 0 N–H and O–H groups in total. The summed E-state index contributed by atoms with van der Waals surface area (Å²) < 4.78 is 3.96. The fraction of sp³-hybridized carbons (Fsp3) is 0.120. The number of nitro benzene ring substituents is 1. The van der Waals surface area contributed by atoms with Crippen molar-refractivity contribution in [2.45, 2.75) is 20.0 Å². The summed E-state index contributed by atoms with van der Waals surface area (Å²) in [5.74, 6) is 0.794. The van der Waals surface area contributed by atoms with E-state index in [1.54, 1.807) is 23.1 Å². The Hall–Kier alpha value is -4.46. The summed E-state index contributed by atoms with van der Waals surface area (Å²) in [7, 11) is 0. The average Bonchev–Trinajstić information content (AvgIpc) is 3.54. The number of nitrogens with zero attached hydrogens (tertiary/aromatic N) is 5. The van der Waals surface area contributed by atoms with Gasteiger partial charge in [-0.2, -0.15) is 5.10 Å². The van der Waals surface area contributed by atoms with Gasteiger partial charge < -0.3 is 9.47 Å². The van der Waals surface area contributed by atoms with Gasteiger partial charge in [0.25, 0.3) is 5.69 Å². The number of hydrogen-bond acceptors (Lipinski definition) is 4. The summed E-state index contributed by atoms with van der Waals surface area (Å²) in [5.41, 5.74) is 4.76. The Bertz CT molecular complexity index is 1370. The molecule has 2 aromatic heterocycles. The van der Waals surface area contributed by atoms with Crippen LogP contribution in [0.3, 0.4) is 0 Å². The number of non-ortho nitro benzene ring substituents is 1. The van der Waals surface area contributed by atoms with Gasteiger partial charge in [0.05, 0.1) is 29.4 Å². The van der Waals surface area contributed by atoms with Crippen molar-refractivity contribution in [3.63, 3.8) is 0 Å². The number of aromatic nitrogens is 3. The predicted molar refractivity (Wildman–Crippen MR) is 124 cm³/mol. The lowest BCUT2D eigenvalue weighted by Gasteiger charge is -2.16. The van der Waals surface area contributed by atoms with Crippen LogP contribution in [0, 0.1) is 17.0 Å². The first-order chi connectivity index (χ1) is 16.0. The van der Waals surface area contributed by atoms with E-state index in [0.29, 0.717) is 13.1 Å². The topological polar surface area (TPSA) is 86.2 Å². The van der Waals surface area contributed by atoms with Crippen molar-refractivity contribution < 1.29 is 9.72 Å². The molecule has 1 aliphatic rings. The van der Waals surface area contributed by atoms with Crippen molar-refractivity contribution in [3.8, 4) is 11.5 Å². The molecule has 33 heavy (non-hydrogen) atoms. The predicted octanol–water partition coefficient (Wildman–Crippen LogP) is 4.44. The molecular formula is C25H21N5O3. The van der Waals surface area contributed by atoms with Crippen molar-refractivity contribution >= 4 is 17.7 Å². The van der Waals surface area contributed by atoms with Gasteiger partial charge in [0.2, 0.25) is 5.91 Å². The number of fused-ring (bicyclic) bond motifs is 1. The van der Waals surface area contributed by atoms with Crippen LogP contribution in [0.2, 0.25) is 0 Å². The zero-order valence-electron chi connectivity index (χ0n) is 18.0. The van der Waals surface area contributed by atoms with E-state index in [2.05, 4.69) is 6.07 Å². The molecule has 1 amide bonds. The maximum Gasteiger partial charge on any atom is 0.269 e. The number of hydrogen-bond donors (Lipinski definition) is 0. The van der Waals surface area contributed by atoms with Crippen LogP contribution in [0.4, 0.5) is 5.69 Å². The number of aryl methyl sites for hydroxylation is 1. The number of benzene rings is 2. The molecule has 164 valence electrons. The van der Waals surface area contributed by atoms with Crippen LogP contribution in [-0.2, 0) is 17.9 Å². The largest absolute Gasteiger partial charge is 0.329 e. The third-order valence-corrected chi connectivity index (χ3v) is 5.66. The highest BCUT2D eigenvalue weighted by atomic mass is 16.6. The highest BCUT2D eigenvalue weighted by molar-refractivity contribution is 5.92. The summed E-state index contributed by atoms with van der Waals surface area (Å²) in [5, 5.41) is 15.6. The normalized spacial score (nSPS) is 12.9. The molecule has 8 nitrogen and oxygen atoms in total. The van der Waals surface area contributed by atoms with Crippen molar-refractivity contribution in [2.24, 2.45) is 0 Å². The summed E-state index contributed by atoms with van der Waals surface area (Å²) in [6.07, 6.45) is 7.12. The maximum atomic E-state index is 12.8. The van der Waals surface area contributed by atoms with Gasteiger partial charge in [-0.15, -0.1) is 0 Å². The minimum absolute atomic E-state index is 0.0199. The molecule has 0 bridgehead atoms. The van der Waals surface area contributed by atoms with Crippen LogP contribution in [0.15, 0.2) is 79.1 Å². The first-order valence-electron chi connectivity index (χ1n) is 10.5. The fourth-order valence-electron chi connectivity index (χ4n) is 4.02. The number of nitro groups is 1. The third kappa shape index (κ3) is 3.94. The average molecular weight is 439 g/mol. The lowest BCUT2D eigenvalue weighted by molar-refractivity contribution is -0.384. The molecule has 0 saturated carbocycles. The SMILES string of the molecule is Cc1cccc(-n2nc3c(c2-n2cccc2)CN(C(=O)/C=C/c2ccc([N+](=O)[O-])cc2)C3)c1. The highest BCUT2D eigenvalue weighted by Gasteiger charge is 2.30. The standard InChI is InChI=1S/C25H21N5O3/c1-18-5-4-6-21(15-18)29-25(27-13-2-3-14-27)22-16-28(17-23(22)26-29)24(31)12-9-19-7-10-20(11-8-19)30(32)33/h2-15H,16-17H2,1H3/b12-9+. The van der Waals surface area contributed by atoms with E-state index in [1.807, 2.05) is 58.9 Å². The summed E-state index contributed by atoms with van der Waals surface area (Å²) in [4.78, 5) is 24.9. The lowest BCUT2D eigenvalue weighted by Crippen LogP contribution is -2.24. The third-order valence-electron chi connectivity index (χ3n) is 5.66. The van der Waals surface area contributed by atoms with Crippen LogP contribution in [0.5, 0.6) is 0 Å². The van der Waals surface area contributed by atoms with E-state index >= 15 is 0 Å². The van der Waals surface area contributed by atoms with Crippen LogP contribution in [0.1, 0.15) is 22.4 Å². The Balaban J connectivity index is 1.40. The van der Waals surface area contributed by atoms with Gasteiger partial charge in [-0.05, 0) is 60.5 Å². The van der Waals surface area contributed by atoms with E-state index in [9.17, 15) is 14.9 Å². The molecule has 4 aromatic rings. The Morgan fingerprint density at radius 3 is 2.52 bits per heavy atom. The molecule has 5 rings (SSSR count). The zero-order valence-corrected chi connectivity index (χ0v) is 18.0. The molecule has 0 atom stereocenters. The van der Waals surface area contributed by atoms with Crippen LogP contribution in [-0.4, -0.2) is 30.1 Å². The molecule has 0 spiro atoms. The monoisotopic (exact) mass is 439 g/mol. The van der Waals surface area contributed by atoms with E-state index in [-0.39, 0.29) is 11.6 Å². The van der Waals surface area contributed by atoms with Gasteiger partial charge >= 0.3 is 0 Å². The minimum atomic E-state index is -0.446. The number of carbonyl (C=O) groups excluding carboxylic acids is 1. The van der Waals surface area contributed by atoms with E-state index in [0.717, 1.165) is 33.9 Å².